The number of thioether (sulfide) groups is 1. The summed E-state index contributed by atoms with van der Waals surface area (Å²) in [6, 6.07) is 15.4. The molecule has 0 saturated carbocycles. The van der Waals surface area contributed by atoms with Crippen LogP contribution >= 0.6 is 23.1 Å². The summed E-state index contributed by atoms with van der Waals surface area (Å²) in [4.78, 5) is 12.9. The Kier molecular flexibility index (Phi) is 6.88. The highest BCUT2D eigenvalue weighted by Gasteiger charge is 2.36. The van der Waals surface area contributed by atoms with Gasteiger partial charge in [0.15, 0.2) is 10.4 Å². The fourth-order valence-electron chi connectivity index (χ4n) is 3.39. The van der Waals surface area contributed by atoms with Gasteiger partial charge in [-0.15, -0.1) is 10.2 Å². The standard InChI is InChI=1S/C23H26N4O4S3/c1-23(2,3)16-10-11-18-17(12-16)27(34(4,29)30)13-19(31-18)20(28)24-21-25-26-22(33-21)32-14-15-8-6-5-7-9-15/h5-12,19H,13-14H2,1-4H3,(H,24,25,28)/t19-/m1/s1. The minimum atomic E-state index is -3.63. The fraction of sp³-hybridized carbons (Fsp3) is 0.348. The number of carbonyl (C=O) groups is 1. The Morgan fingerprint density at radius 3 is 2.62 bits per heavy atom. The zero-order valence-electron chi connectivity index (χ0n) is 19.3. The first-order chi connectivity index (χ1) is 16.0. The minimum absolute atomic E-state index is 0.125. The van der Waals surface area contributed by atoms with E-state index in [4.69, 9.17) is 4.74 Å². The van der Waals surface area contributed by atoms with Crippen LogP contribution in [0, 0.1) is 0 Å². The van der Waals surface area contributed by atoms with Crippen molar-refractivity contribution in [3.8, 4) is 5.75 Å². The van der Waals surface area contributed by atoms with E-state index in [0.717, 1.165) is 27.5 Å². The van der Waals surface area contributed by atoms with Crippen molar-refractivity contribution < 1.29 is 17.9 Å². The van der Waals surface area contributed by atoms with E-state index in [0.29, 0.717) is 16.6 Å². The molecule has 11 heteroatoms. The van der Waals surface area contributed by atoms with Gasteiger partial charge >= 0.3 is 0 Å². The number of carbonyl (C=O) groups excluding carboxylic acids is 1. The molecule has 3 aromatic rings. The quantitative estimate of drug-likeness (QED) is 0.384. The molecule has 0 radical (unpaired) electrons. The van der Waals surface area contributed by atoms with Crippen LogP contribution in [0.3, 0.4) is 0 Å². The van der Waals surface area contributed by atoms with Crippen molar-refractivity contribution in [1.82, 2.24) is 10.2 Å². The van der Waals surface area contributed by atoms with Gasteiger partial charge in [-0.3, -0.25) is 14.4 Å². The van der Waals surface area contributed by atoms with Crippen LogP contribution in [-0.4, -0.2) is 43.4 Å². The first-order valence-electron chi connectivity index (χ1n) is 10.6. The van der Waals surface area contributed by atoms with E-state index in [-0.39, 0.29) is 12.0 Å². The third kappa shape index (κ3) is 5.70. The number of sulfonamides is 1. The Morgan fingerprint density at radius 2 is 1.94 bits per heavy atom. The van der Waals surface area contributed by atoms with Crippen LogP contribution in [-0.2, 0) is 26.0 Å². The summed E-state index contributed by atoms with van der Waals surface area (Å²) in [5.41, 5.74) is 2.41. The number of nitrogens with zero attached hydrogens (tertiary/aromatic N) is 3. The topological polar surface area (TPSA) is 101 Å². The summed E-state index contributed by atoms with van der Waals surface area (Å²) in [6.45, 7) is 6.02. The minimum Gasteiger partial charge on any atom is -0.476 e. The smallest absolute Gasteiger partial charge is 0.269 e. The van der Waals surface area contributed by atoms with Gasteiger partial charge in [0.2, 0.25) is 15.2 Å². The molecular weight excluding hydrogens is 492 g/mol. The molecule has 0 unspecified atom stereocenters. The zero-order chi connectivity index (χ0) is 24.5. The molecule has 4 rings (SSSR count). The van der Waals surface area contributed by atoms with E-state index in [9.17, 15) is 13.2 Å². The maximum atomic E-state index is 12.9. The first-order valence-corrected chi connectivity index (χ1v) is 14.3. The average molecular weight is 519 g/mol. The molecule has 1 atom stereocenters. The molecular formula is C23H26N4O4S3. The van der Waals surface area contributed by atoms with Crippen molar-refractivity contribution in [2.45, 2.75) is 42.4 Å². The second-order valence-corrected chi connectivity index (χ2v) is 13.1. The van der Waals surface area contributed by atoms with Crippen molar-refractivity contribution in [3.63, 3.8) is 0 Å². The van der Waals surface area contributed by atoms with Gasteiger partial charge in [0.05, 0.1) is 18.5 Å². The first kappa shape index (κ1) is 24.5. The molecule has 180 valence electrons. The molecule has 2 aromatic carbocycles. The van der Waals surface area contributed by atoms with Gasteiger partial charge in [-0.1, -0.05) is 80.3 Å². The Labute approximate surface area is 207 Å². The van der Waals surface area contributed by atoms with E-state index < -0.39 is 22.0 Å². The lowest BCUT2D eigenvalue weighted by Crippen LogP contribution is -2.48. The molecule has 1 aliphatic rings. The highest BCUT2D eigenvalue weighted by atomic mass is 32.2. The van der Waals surface area contributed by atoms with Gasteiger partial charge in [-0.25, -0.2) is 8.42 Å². The summed E-state index contributed by atoms with van der Waals surface area (Å²) in [5, 5.41) is 11.2. The highest BCUT2D eigenvalue weighted by Crippen LogP contribution is 2.39. The van der Waals surface area contributed by atoms with Crippen LogP contribution in [0.5, 0.6) is 5.75 Å². The maximum Gasteiger partial charge on any atom is 0.269 e. The predicted molar refractivity (Wildman–Crippen MR) is 136 cm³/mol. The third-order valence-electron chi connectivity index (χ3n) is 5.23. The molecule has 1 N–H and O–H groups in total. The SMILES string of the molecule is CC(C)(C)c1ccc2c(c1)N(S(C)(=O)=O)C[C@H](C(=O)Nc1nnc(SCc3ccccc3)s1)O2. The van der Waals surface area contributed by atoms with Gasteiger partial charge in [0.1, 0.15) is 5.75 Å². The lowest BCUT2D eigenvalue weighted by molar-refractivity contribution is -0.122. The molecule has 0 saturated heterocycles. The summed E-state index contributed by atoms with van der Waals surface area (Å²) in [5.74, 6) is 0.613. The van der Waals surface area contributed by atoms with Crippen LogP contribution in [0.25, 0.3) is 0 Å². The number of amides is 1. The lowest BCUT2D eigenvalue weighted by Gasteiger charge is -2.35. The molecule has 1 amide bonds. The highest BCUT2D eigenvalue weighted by molar-refractivity contribution is 8.00. The Balaban J connectivity index is 1.47. The number of benzene rings is 2. The van der Waals surface area contributed by atoms with E-state index in [1.54, 1.807) is 6.07 Å². The molecule has 0 fully saturated rings. The number of hydrogen-bond donors (Lipinski definition) is 1. The number of hydrogen-bond acceptors (Lipinski definition) is 8. The monoisotopic (exact) mass is 518 g/mol. The van der Waals surface area contributed by atoms with Crippen molar-refractivity contribution in [2.75, 3.05) is 22.4 Å². The second kappa shape index (κ2) is 9.55. The van der Waals surface area contributed by atoms with Gasteiger partial charge in [0.25, 0.3) is 5.91 Å². The van der Waals surface area contributed by atoms with Crippen molar-refractivity contribution in [2.24, 2.45) is 0 Å². The predicted octanol–water partition coefficient (Wildman–Crippen LogP) is 4.29. The number of nitrogens with one attached hydrogen (secondary N) is 1. The van der Waals surface area contributed by atoms with Crippen LogP contribution in [0.2, 0.25) is 0 Å². The normalized spacial score (nSPS) is 16.0. The number of anilines is 2. The average Bonchev–Trinajstić information content (AvgIpc) is 3.23. The lowest BCUT2D eigenvalue weighted by atomic mass is 9.86. The number of aromatic nitrogens is 2. The van der Waals surface area contributed by atoms with Crippen molar-refractivity contribution in [1.29, 1.82) is 0 Å². The van der Waals surface area contributed by atoms with Gasteiger partial charge in [0, 0.05) is 5.75 Å². The molecule has 0 aliphatic carbocycles. The third-order valence-corrected chi connectivity index (χ3v) is 8.42. The van der Waals surface area contributed by atoms with Gasteiger partial charge < -0.3 is 4.74 Å². The largest absolute Gasteiger partial charge is 0.476 e. The molecule has 34 heavy (non-hydrogen) atoms. The zero-order valence-corrected chi connectivity index (χ0v) is 21.8. The Hall–Kier alpha value is -2.63. The van der Waals surface area contributed by atoms with E-state index in [1.165, 1.54) is 27.4 Å². The second-order valence-electron chi connectivity index (χ2n) is 8.97. The Morgan fingerprint density at radius 1 is 1.21 bits per heavy atom. The number of fused-ring (bicyclic) bond motifs is 1. The van der Waals surface area contributed by atoms with Crippen molar-refractivity contribution >= 4 is 49.8 Å². The molecule has 8 nitrogen and oxygen atoms in total. The van der Waals surface area contributed by atoms with Crippen molar-refractivity contribution in [3.05, 3.63) is 59.7 Å². The molecule has 0 spiro atoms. The maximum absolute atomic E-state index is 12.9. The molecule has 0 bridgehead atoms. The summed E-state index contributed by atoms with van der Waals surface area (Å²) < 4.78 is 32.9. The fourth-order valence-corrected chi connectivity index (χ4v) is 6.01. The van der Waals surface area contributed by atoms with E-state index in [1.807, 2.05) is 63.2 Å². The van der Waals surface area contributed by atoms with Crippen LogP contribution in [0.15, 0.2) is 52.9 Å². The van der Waals surface area contributed by atoms with Gasteiger partial charge in [-0.05, 0) is 28.7 Å². The number of ether oxygens (including phenoxy) is 1. The molecule has 2 heterocycles. The molecule has 1 aliphatic heterocycles. The Bertz CT molecular complexity index is 1290. The van der Waals surface area contributed by atoms with Crippen LogP contribution in [0.1, 0.15) is 31.9 Å². The summed E-state index contributed by atoms with van der Waals surface area (Å²) in [7, 11) is -3.63. The van der Waals surface area contributed by atoms with E-state index >= 15 is 0 Å². The number of rotatable bonds is 6. The summed E-state index contributed by atoms with van der Waals surface area (Å²) in [6.07, 6.45) is 0.106. The van der Waals surface area contributed by atoms with Crippen LogP contribution < -0.4 is 14.4 Å². The summed E-state index contributed by atoms with van der Waals surface area (Å²) >= 11 is 2.79. The van der Waals surface area contributed by atoms with Gasteiger partial charge in [-0.2, -0.15) is 0 Å². The molecule has 1 aromatic heterocycles. The van der Waals surface area contributed by atoms with Crippen LogP contribution in [0.4, 0.5) is 10.8 Å². The van der Waals surface area contributed by atoms with E-state index in [2.05, 4.69) is 15.5 Å².